The van der Waals surface area contributed by atoms with Crippen LogP contribution in [0.4, 0.5) is 5.69 Å². The van der Waals surface area contributed by atoms with Gasteiger partial charge in [0, 0.05) is 81.4 Å². The number of aldehydes is 1. The van der Waals surface area contributed by atoms with Crippen molar-refractivity contribution in [2.75, 3.05) is 13.6 Å². The summed E-state index contributed by atoms with van der Waals surface area (Å²) >= 11 is 14.3. The van der Waals surface area contributed by atoms with E-state index in [2.05, 4.69) is 20.6 Å². The molecule has 0 saturated carbocycles. The van der Waals surface area contributed by atoms with Crippen molar-refractivity contribution in [3.8, 4) is 33.6 Å². The number of rotatable bonds is 10. The van der Waals surface area contributed by atoms with Crippen LogP contribution in [0.5, 0.6) is 0 Å². The van der Waals surface area contributed by atoms with Crippen LogP contribution >= 0.6 is 23.2 Å². The number of amides is 2. The molecular formula is C37H36Cl2N8O4. The summed E-state index contributed by atoms with van der Waals surface area (Å²) in [5.74, 6) is 0.0441. The molecule has 2 aliphatic rings. The lowest BCUT2D eigenvalue weighted by Gasteiger charge is -2.17. The predicted octanol–water partition coefficient (Wildman–Crippen LogP) is 5.34. The Hall–Kier alpha value is -5.20. The molecule has 7 rings (SSSR count). The van der Waals surface area contributed by atoms with Crippen molar-refractivity contribution >= 4 is 64.4 Å². The molecule has 12 nitrogen and oxygen atoms in total. The number of halogens is 2. The molecule has 3 aromatic heterocycles. The number of nitrogens with zero attached hydrogens (tertiary/aromatic N) is 6. The minimum atomic E-state index is -0.201. The van der Waals surface area contributed by atoms with Crippen molar-refractivity contribution in [3.63, 3.8) is 0 Å². The Kier molecular flexibility index (Phi) is 9.30. The summed E-state index contributed by atoms with van der Waals surface area (Å²) in [5, 5.41) is 6.75. The van der Waals surface area contributed by atoms with Gasteiger partial charge in [0.1, 0.15) is 11.2 Å². The summed E-state index contributed by atoms with van der Waals surface area (Å²) in [7, 11) is 5.47. The maximum atomic E-state index is 13.6. The van der Waals surface area contributed by atoms with Gasteiger partial charge >= 0.3 is 0 Å². The maximum Gasteiger partial charge on any atom is 0.277 e. The Morgan fingerprint density at radius 2 is 1.47 bits per heavy atom. The highest BCUT2D eigenvalue weighted by atomic mass is 35.5. The van der Waals surface area contributed by atoms with Crippen LogP contribution in [0.15, 0.2) is 64.6 Å². The van der Waals surface area contributed by atoms with E-state index in [0.29, 0.717) is 98.5 Å². The number of carbonyl (C=O) groups excluding carboxylic acids is 3. The van der Waals surface area contributed by atoms with Crippen LogP contribution < -0.4 is 16.2 Å². The Morgan fingerprint density at radius 1 is 0.882 bits per heavy atom. The fourth-order valence-electron chi connectivity index (χ4n) is 7.05. The van der Waals surface area contributed by atoms with Crippen molar-refractivity contribution in [2.45, 2.75) is 44.3 Å². The van der Waals surface area contributed by atoms with Crippen LogP contribution in [0, 0.1) is 0 Å². The van der Waals surface area contributed by atoms with E-state index in [1.54, 1.807) is 22.5 Å². The van der Waals surface area contributed by atoms with E-state index in [9.17, 15) is 19.2 Å². The number of carbonyl (C=O) groups is 3. The molecule has 262 valence electrons. The molecule has 51 heavy (non-hydrogen) atoms. The van der Waals surface area contributed by atoms with Crippen molar-refractivity contribution in [1.29, 1.82) is 0 Å². The number of hydrogen-bond acceptors (Lipinski definition) is 6. The maximum absolute atomic E-state index is 13.6. The molecule has 2 unspecified atom stereocenters. The van der Waals surface area contributed by atoms with Gasteiger partial charge < -0.3 is 24.7 Å². The molecule has 2 saturated heterocycles. The molecule has 5 aromatic rings. The summed E-state index contributed by atoms with van der Waals surface area (Å²) in [4.78, 5) is 60.1. The number of fused-ring (bicyclic) bond motifs is 1. The van der Waals surface area contributed by atoms with E-state index in [1.165, 1.54) is 10.9 Å². The van der Waals surface area contributed by atoms with Gasteiger partial charge in [0.2, 0.25) is 11.8 Å². The summed E-state index contributed by atoms with van der Waals surface area (Å²) < 4.78 is 5.10. The first kappa shape index (κ1) is 34.3. The predicted molar refractivity (Wildman–Crippen MR) is 199 cm³/mol. The Balaban J connectivity index is 1.21. The molecule has 0 bridgehead atoms. The second-order valence-corrected chi connectivity index (χ2v) is 13.9. The Bertz CT molecular complexity index is 2310. The zero-order valence-electron chi connectivity index (χ0n) is 28.3. The first-order valence-corrected chi connectivity index (χ1v) is 17.4. The molecule has 0 radical (unpaired) electrons. The number of aliphatic imine (C=N–C) groups is 1. The van der Waals surface area contributed by atoms with Gasteiger partial charge in [-0.25, -0.2) is 9.98 Å². The normalized spacial score (nSPS) is 17.4. The topological polar surface area (TPSA) is 136 Å². The van der Waals surface area contributed by atoms with E-state index in [0.717, 1.165) is 12.7 Å². The van der Waals surface area contributed by atoms with E-state index < -0.39 is 0 Å². The SMILES string of the molecule is CN(C=Nc1cc(-c2cccc(-c3cccc(-c4cc5ncn(CC6CCC(=O)N6)c(=O)c5n4C)c3Cl)c2Cl)n(C)c1C=O)CC1CCC(=O)N1. The molecule has 2 amide bonds. The summed E-state index contributed by atoms with van der Waals surface area (Å²) in [6.45, 7) is 0.953. The van der Waals surface area contributed by atoms with Crippen LogP contribution in [-0.4, -0.2) is 73.7 Å². The van der Waals surface area contributed by atoms with Crippen molar-refractivity contribution in [2.24, 2.45) is 19.1 Å². The number of aromatic nitrogens is 4. The smallest absolute Gasteiger partial charge is 0.277 e. The highest BCUT2D eigenvalue weighted by Gasteiger charge is 2.25. The molecule has 2 atom stereocenters. The van der Waals surface area contributed by atoms with Crippen LogP contribution in [0.3, 0.4) is 0 Å². The second kappa shape index (κ2) is 13.8. The van der Waals surface area contributed by atoms with Gasteiger partial charge in [0.05, 0.1) is 45.3 Å². The monoisotopic (exact) mass is 726 g/mol. The third kappa shape index (κ3) is 6.45. The first-order valence-electron chi connectivity index (χ1n) is 16.6. The number of nitrogens with one attached hydrogen (secondary N) is 2. The number of aryl methyl sites for hydroxylation is 1. The Morgan fingerprint density at radius 3 is 2.06 bits per heavy atom. The lowest BCUT2D eigenvalue weighted by molar-refractivity contribution is -0.120. The fourth-order valence-corrected chi connectivity index (χ4v) is 7.70. The van der Waals surface area contributed by atoms with Crippen LogP contribution in [0.25, 0.3) is 44.7 Å². The molecule has 0 aliphatic carbocycles. The summed E-state index contributed by atoms with van der Waals surface area (Å²) in [5.41, 5.74) is 5.83. The largest absolute Gasteiger partial charge is 0.364 e. The third-order valence-electron chi connectivity index (χ3n) is 9.71. The number of benzene rings is 2. The lowest BCUT2D eigenvalue weighted by Crippen LogP contribution is -2.36. The minimum Gasteiger partial charge on any atom is -0.364 e. The van der Waals surface area contributed by atoms with Gasteiger partial charge in [0.25, 0.3) is 5.56 Å². The van der Waals surface area contributed by atoms with E-state index in [1.807, 2.05) is 67.5 Å². The molecule has 2 aromatic carbocycles. The highest BCUT2D eigenvalue weighted by Crippen LogP contribution is 2.43. The van der Waals surface area contributed by atoms with Gasteiger partial charge in [-0.15, -0.1) is 0 Å². The van der Waals surface area contributed by atoms with Crippen molar-refractivity contribution in [3.05, 3.63) is 81.0 Å². The quantitative estimate of drug-likeness (QED) is 0.113. The zero-order chi connectivity index (χ0) is 36.0. The van der Waals surface area contributed by atoms with Gasteiger partial charge in [-0.05, 0) is 25.0 Å². The van der Waals surface area contributed by atoms with Gasteiger partial charge in [0.15, 0.2) is 6.29 Å². The number of likely N-dealkylation sites (N-methyl/N-ethyl adjacent to an activating group) is 1. The van der Waals surface area contributed by atoms with Crippen LogP contribution in [0.2, 0.25) is 10.0 Å². The van der Waals surface area contributed by atoms with Gasteiger partial charge in [-0.2, -0.15) is 0 Å². The lowest BCUT2D eigenvalue weighted by atomic mass is 9.98. The molecule has 5 heterocycles. The Labute approximate surface area is 303 Å². The molecule has 14 heteroatoms. The minimum absolute atomic E-state index is 0.0102. The highest BCUT2D eigenvalue weighted by molar-refractivity contribution is 6.39. The van der Waals surface area contributed by atoms with Crippen molar-refractivity contribution in [1.82, 2.24) is 34.2 Å². The molecular weight excluding hydrogens is 691 g/mol. The van der Waals surface area contributed by atoms with Crippen LogP contribution in [0.1, 0.15) is 36.2 Å². The number of hydrogen-bond donors (Lipinski definition) is 2. The van der Waals surface area contributed by atoms with Crippen molar-refractivity contribution < 1.29 is 14.4 Å². The van der Waals surface area contributed by atoms with E-state index in [4.69, 9.17) is 23.2 Å². The molecule has 2 fully saturated rings. The molecule has 0 spiro atoms. The fraction of sp³-hybridized carbons (Fsp3) is 0.297. The van der Waals surface area contributed by atoms with E-state index in [-0.39, 0.29) is 29.5 Å². The van der Waals surface area contributed by atoms with E-state index >= 15 is 0 Å². The van der Waals surface area contributed by atoms with Crippen LogP contribution in [-0.2, 0) is 30.2 Å². The first-order chi connectivity index (χ1) is 24.5. The standard InChI is InChI=1S/C37H36Cl2N8O4/c1-44(16-21-10-12-32(49)42-21)19-40-27-14-29(45(2)31(27)18-48)25-8-4-6-23(34(25)38)24-7-5-9-26(35(24)39)30-15-28-36(46(30)3)37(51)47(20-41-28)17-22-11-13-33(50)43-22/h4-9,14-15,18-22H,10-13,16-17H2,1-3H3,(H,42,49)(H,43,50). The summed E-state index contributed by atoms with van der Waals surface area (Å²) in [6, 6.07) is 14.9. The molecule has 2 N–H and O–H groups in total. The molecule has 2 aliphatic heterocycles. The van der Waals surface area contributed by atoms with Gasteiger partial charge in [-0.3, -0.25) is 23.7 Å². The van der Waals surface area contributed by atoms with Gasteiger partial charge in [-0.1, -0.05) is 59.6 Å². The second-order valence-electron chi connectivity index (χ2n) is 13.1. The summed E-state index contributed by atoms with van der Waals surface area (Å²) in [6.07, 6.45) is 6.37. The average Bonchev–Trinajstić information content (AvgIpc) is 3.88. The third-order valence-corrected chi connectivity index (χ3v) is 10.5. The zero-order valence-corrected chi connectivity index (χ0v) is 29.8. The average molecular weight is 728 g/mol.